The van der Waals surface area contributed by atoms with Crippen LogP contribution in [0.2, 0.25) is 0 Å². The number of rotatable bonds is 3. The van der Waals surface area contributed by atoms with E-state index < -0.39 is 10.2 Å². The average Bonchev–Trinajstić information content (AvgIpc) is 2.87. The first-order chi connectivity index (χ1) is 7.15. The molecule has 2 aliphatic heterocycles. The molecule has 2 unspecified atom stereocenters. The molecule has 5 nitrogen and oxygen atoms in total. The van der Waals surface area contributed by atoms with E-state index in [0.29, 0.717) is 12.6 Å². The molecule has 2 saturated heterocycles. The molecule has 2 fully saturated rings. The van der Waals surface area contributed by atoms with Gasteiger partial charge in [-0.15, -0.1) is 0 Å². The number of nitrogens with zero attached hydrogens (tertiary/aromatic N) is 1. The summed E-state index contributed by atoms with van der Waals surface area (Å²) in [6.45, 7) is 1.68. The molecule has 0 bridgehead atoms. The molecule has 2 aliphatic rings. The van der Waals surface area contributed by atoms with E-state index in [1.54, 1.807) is 4.31 Å². The molecule has 2 N–H and O–H groups in total. The lowest BCUT2D eigenvalue weighted by molar-refractivity contribution is 0.319. The van der Waals surface area contributed by atoms with E-state index in [4.69, 9.17) is 0 Å². The number of nitrogens with one attached hydrogen (secondary N) is 2. The Hall–Kier alpha value is -0.170. The molecule has 0 aromatic heterocycles. The fourth-order valence-electron chi connectivity index (χ4n) is 2.62. The van der Waals surface area contributed by atoms with E-state index >= 15 is 0 Å². The van der Waals surface area contributed by atoms with Gasteiger partial charge < -0.3 is 5.32 Å². The lowest BCUT2D eigenvalue weighted by Crippen LogP contribution is -2.49. The summed E-state index contributed by atoms with van der Waals surface area (Å²) >= 11 is 0. The molecular formula is C9H19N3O2S. The fourth-order valence-corrected chi connectivity index (χ4v) is 3.84. The van der Waals surface area contributed by atoms with Gasteiger partial charge >= 0.3 is 0 Å². The van der Waals surface area contributed by atoms with Gasteiger partial charge in [-0.2, -0.15) is 12.7 Å². The molecule has 0 amide bonds. The van der Waals surface area contributed by atoms with E-state index in [-0.39, 0.29) is 6.04 Å². The van der Waals surface area contributed by atoms with Crippen LogP contribution in [-0.2, 0) is 10.2 Å². The van der Waals surface area contributed by atoms with E-state index in [1.807, 2.05) is 0 Å². The van der Waals surface area contributed by atoms with Crippen LogP contribution < -0.4 is 10.0 Å². The summed E-state index contributed by atoms with van der Waals surface area (Å²) in [5, 5.41) is 3.39. The van der Waals surface area contributed by atoms with Gasteiger partial charge in [0.2, 0.25) is 0 Å². The quantitative estimate of drug-likeness (QED) is 0.701. The SMILES string of the molecule is CNS(=O)(=O)N1CCCC1C1CCCN1. The first kappa shape index (κ1) is 11.3. The maximum Gasteiger partial charge on any atom is 0.279 e. The standard InChI is InChI=1S/C9H19N3O2S/c1-10-15(13,14)12-7-3-5-9(12)8-4-2-6-11-8/h8-11H,2-7H2,1H3. The highest BCUT2D eigenvalue weighted by Crippen LogP contribution is 2.26. The van der Waals surface area contributed by atoms with Crippen LogP contribution in [-0.4, -0.2) is 44.9 Å². The number of hydrogen-bond acceptors (Lipinski definition) is 3. The smallest absolute Gasteiger partial charge is 0.279 e. The average molecular weight is 233 g/mol. The highest BCUT2D eigenvalue weighted by molar-refractivity contribution is 7.87. The van der Waals surface area contributed by atoms with Gasteiger partial charge in [0.15, 0.2) is 0 Å². The van der Waals surface area contributed by atoms with Crippen molar-refractivity contribution in [1.29, 1.82) is 0 Å². The minimum Gasteiger partial charge on any atom is -0.312 e. The second-order valence-electron chi connectivity index (χ2n) is 4.23. The van der Waals surface area contributed by atoms with Crippen molar-refractivity contribution in [2.24, 2.45) is 0 Å². The molecule has 0 aliphatic carbocycles. The molecule has 0 saturated carbocycles. The Morgan fingerprint density at radius 3 is 2.73 bits per heavy atom. The van der Waals surface area contributed by atoms with Crippen molar-refractivity contribution >= 4 is 10.2 Å². The molecule has 0 radical (unpaired) electrons. The van der Waals surface area contributed by atoms with Crippen LogP contribution in [0.3, 0.4) is 0 Å². The summed E-state index contributed by atoms with van der Waals surface area (Å²) in [5.74, 6) is 0. The van der Waals surface area contributed by atoms with Crippen LogP contribution in [0.15, 0.2) is 0 Å². The van der Waals surface area contributed by atoms with Crippen molar-refractivity contribution in [3.63, 3.8) is 0 Å². The van der Waals surface area contributed by atoms with E-state index in [2.05, 4.69) is 10.0 Å². The van der Waals surface area contributed by atoms with Crippen LogP contribution in [0.25, 0.3) is 0 Å². The summed E-state index contributed by atoms with van der Waals surface area (Å²) in [5.41, 5.74) is 0. The van der Waals surface area contributed by atoms with Crippen LogP contribution in [0.1, 0.15) is 25.7 Å². The van der Waals surface area contributed by atoms with E-state index in [9.17, 15) is 8.42 Å². The Morgan fingerprint density at radius 1 is 1.33 bits per heavy atom. The molecule has 0 aromatic rings. The van der Waals surface area contributed by atoms with E-state index in [1.165, 1.54) is 7.05 Å². The van der Waals surface area contributed by atoms with Gasteiger partial charge in [-0.05, 0) is 32.2 Å². The van der Waals surface area contributed by atoms with Gasteiger partial charge in [0.1, 0.15) is 0 Å². The van der Waals surface area contributed by atoms with Crippen LogP contribution in [0.5, 0.6) is 0 Å². The molecule has 0 spiro atoms. The third-order valence-corrected chi connectivity index (χ3v) is 4.96. The topological polar surface area (TPSA) is 61.4 Å². The summed E-state index contributed by atoms with van der Waals surface area (Å²) < 4.78 is 27.5. The lowest BCUT2D eigenvalue weighted by atomic mass is 10.1. The minimum absolute atomic E-state index is 0.157. The van der Waals surface area contributed by atoms with Gasteiger partial charge in [0.25, 0.3) is 10.2 Å². The van der Waals surface area contributed by atoms with Gasteiger partial charge in [-0.3, -0.25) is 0 Å². The monoisotopic (exact) mass is 233 g/mol. The maximum absolute atomic E-state index is 11.8. The van der Waals surface area contributed by atoms with Crippen molar-refractivity contribution in [2.45, 2.75) is 37.8 Å². The Kier molecular flexibility index (Phi) is 3.30. The Bertz CT molecular complexity index is 311. The van der Waals surface area contributed by atoms with Gasteiger partial charge in [0, 0.05) is 25.7 Å². The zero-order valence-corrected chi connectivity index (χ0v) is 9.89. The summed E-state index contributed by atoms with van der Waals surface area (Å²) in [6.07, 6.45) is 4.22. The van der Waals surface area contributed by atoms with E-state index in [0.717, 1.165) is 32.2 Å². The largest absolute Gasteiger partial charge is 0.312 e. The molecule has 2 atom stereocenters. The minimum atomic E-state index is -3.24. The second-order valence-corrected chi connectivity index (χ2v) is 6.06. The van der Waals surface area contributed by atoms with Gasteiger partial charge in [-0.25, -0.2) is 4.72 Å². The fraction of sp³-hybridized carbons (Fsp3) is 1.00. The van der Waals surface area contributed by atoms with Crippen molar-refractivity contribution in [2.75, 3.05) is 20.1 Å². The summed E-state index contributed by atoms with van der Waals surface area (Å²) in [6, 6.07) is 0.514. The first-order valence-corrected chi connectivity index (χ1v) is 7.03. The highest BCUT2D eigenvalue weighted by Gasteiger charge is 2.38. The van der Waals surface area contributed by atoms with Crippen molar-refractivity contribution in [1.82, 2.24) is 14.3 Å². The van der Waals surface area contributed by atoms with Crippen molar-refractivity contribution in [3.05, 3.63) is 0 Å². The maximum atomic E-state index is 11.8. The Balaban J connectivity index is 2.11. The van der Waals surface area contributed by atoms with Gasteiger partial charge in [-0.1, -0.05) is 0 Å². The van der Waals surface area contributed by atoms with Crippen molar-refractivity contribution in [3.8, 4) is 0 Å². The Morgan fingerprint density at radius 2 is 2.13 bits per heavy atom. The van der Waals surface area contributed by atoms with Crippen LogP contribution >= 0.6 is 0 Å². The molecule has 88 valence electrons. The van der Waals surface area contributed by atoms with Crippen molar-refractivity contribution < 1.29 is 8.42 Å². The zero-order chi connectivity index (χ0) is 10.9. The second kappa shape index (κ2) is 4.37. The third-order valence-electron chi connectivity index (χ3n) is 3.38. The molecular weight excluding hydrogens is 214 g/mol. The molecule has 2 rings (SSSR count). The predicted octanol–water partition coefficient (Wildman–Crippen LogP) is -0.333. The van der Waals surface area contributed by atoms with Gasteiger partial charge in [0.05, 0.1) is 0 Å². The highest BCUT2D eigenvalue weighted by atomic mass is 32.2. The summed E-state index contributed by atoms with van der Waals surface area (Å²) in [7, 11) is -1.76. The summed E-state index contributed by atoms with van der Waals surface area (Å²) in [4.78, 5) is 0. The third kappa shape index (κ3) is 2.18. The molecule has 15 heavy (non-hydrogen) atoms. The predicted molar refractivity (Wildman–Crippen MR) is 58.7 cm³/mol. The van der Waals surface area contributed by atoms with Crippen LogP contribution in [0.4, 0.5) is 0 Å². The number of hydrogen-bond donors (Lipinski definition) is 2. The Labute approximate surface area is 91.4 Å². The lowest BCUT2D eigenvalue weighted by Gasteiger charge is -2.28. The molecule has 0 aromatic carbocycles. The zero-order valence-electron chi connectivity index (χ0n) is 9.07. The normalized spacial score (nSPS) is 33.7. The molecule has 2 heterocycles. The first-order valence-electron chi connectivity index (χ1n) is 5.59. The molecule has 6 heteroatoms. The van der Waals surface area contributed by atoms with Crippen LogP contribution in [0, 0.1) is 0 Å².